The van der Waals surface area contributed by atoms with Crippen LogP contribution in [0.15, 0.2) is 0 Å². The third kappa shape index (κ3) is 1.44. The summed E-state index contributed by atoms with van der Waals surface area (Å²) in [6.07, 6.45) is 5.84. The maximum absolute atomic E-state index is 2.54. The molecule has 64 valence electrons. The Morgan fingerprint density at radius 1 is 1.36 bits per heavy atom. The van der Waals surface area contributed by atoms with Crippen LogP contribution in [0.3, 0.4) is 0 Å². The smallest absolute Gasteiger partial charge is 0.0204 e. The lowest BCUT2D eigenvalue weighted by atomic mass is 9.68. The van der Waals surface area contributed by atoms with E-state index in [4.69, 9.17) is 0 Å². The summed E-state index contributed by atoms with van der Waals surface area (Å²) in [6, 6.07) is 0.886. The zero-order chi connectivity index (χ0) is 7.84. The molecular weight excluding hydrogens is 249 g/mol. The van der Waals surface area contributed by atoms with Crippen LogP contribution in [-0.4, -0.2) is 15.7 Å². The summed E-state index contributed by atoms with van der Waals surface area (Å²) in [5.41, 5.74) is 0. The molecule has 0 bridgehead atoms. The molecule has 0 radical (unpaired) electrons. The highest BCUT2D eigenvalue weighted by atomic mass is 127. The largest absolute Gasteiger partial charge is 0.244 e. The lowest BCUT2D eigenvalue weighted by Gasteiger charge is -2.47. The van der Waals surface area contributed by atoms with E-state index in [9.17, 15) is 0 Å². The standard InChI is InChI=1S/C9H16IN/c1-2-9-5-7-3-4-8(7)6-11(9)10/h7-9H,2-6H2,1H3/t7-,8+,9?/m0/s1. The molecule has 11 heavy (non-hydrogen) atoms. The molecule has 0 spiro atoms. The Morgan fingerprint density at radius 3 is 2.64 bits per heavy atom. The number of halogens is 1. The van der Waals surface area contributed by atoms with Crippen LogP contribution >= 0.6 is 22.9 Å². The highest BCUT2D eigenvalue weighted by molar-refractivity contribution is 14.1. The highest BCUT2D eigenvalue weighted by Crippen LogP contribution is 2.44. The lowest BCUT2D eigenvalue weighted by molar-refractivity contribution is 0.0641. The van der Waals surface area contributed by atoms with Crippen LogP contribution in [0.25, 0.3) is 0 Å². The van der Waals surface area contributed by atoms with Gasteiger partial charge < -0.3 is 0 Å². The van der Waals surface area contributed by atoms with Crippen molar-refractivity contribution < 1.29 is 0 Å². The van der Waals surface area contributed by atoms with Gasteiger partial charge in [-0.25, -0.2) is 3.11 Å². The molecule has 0 amide bonds. The molecule has 1 aliphatic heterocycles. The molecule has 1 heterocycles. The second-order valence-corrected chi connectivity index (χ2v) is 5.22. The Bertz CT molecular complexity index is 148. The van der Waals surface area contributed by atoms with Gasteiger partial charge in [-0.2, -0.15) is 0 Å². The summed E-state index contributed by atoms with van der Waals surface area (Å²) < 4.78 is 2.54. The molecule has 2 heteroatoms. The van der Waals surface area contributed by atoms with E-state index in [1.54, 1.807) is 0 Å². The van der Waals surface area contributed by atoms with Gasteiger partial charge in [0.25, 0.3) is 0 Å². The van der Waals surface area contributed by atoms with Gasteiger partial charge in [0.1, 0.15) is 0 Å². The summed E-state index contributed by atoms with van der Waals surface area (Å²) in [6.45, 7) is 3.68. The third-order valence-corrected chi connectivity index (χ3v) is 4.61. The second kappa shape index (κ2) is 3.21. The Kier molecular flexibility index (Phi) is 2.42. The van der Waals surface area contributed by atoms with Gasteiger partial charge in [0.15, 0.2) is 0 Å². The first-order valence-electron chi connectivity index (χ1n) is 4.73. The Balaban J connectivity index is 1.94. The fourth-order valence-corrected chi connectivity index (χ4v) is 3.52. The van der Waals surface area contributed by atoms with Crippen LogP contribution in [0.1, 0.15) is 32.6 Å². The molecule has 1 aliphatic carbocycles. The van der Waals surface area contributed by atoms with Crippen molar-refractivity contribution >= 4 is 22.9 Å². The number of hydrogen-bond acceptors (Lipinski definition) is 1. The molecule has 0 aromatic heterocycles. The van der Waals surface area contributed by atoms with E-state index in [2.05, 4.69) is 32.9 Å². The first kappa shape index (κ1) is 8.30. The fourth-order valence-electron chi connectivity index (χ4n) is 2.39. The summed E-state index contributed by atoms with van der Waals surface area (Å²) >= 11 is 2.51. The van der Waals surface area contributed by atoms with Crippen molar-refractivity contribution in [3.05, 3.63) is 0 Å². The minimum Gasteiger partial charge on any atom is -0.244 e. The molecule has 2 rings (SSSR count). The van der Waals surface area contributed by atoms with Crippen molar-refractivity contribution in [2.24, 2.45) is 11.8 Å². The van der Waals surface area contributed by atoms with Crippen LogP contribution < -0.4 is 0 Å². The van der Waals surface area contributed by atoms with E-state index >= 15 is 0 Å². The summed E-state index contributed by atoms with van der Waals surface area (Å²) in [7, 11) is 0. The first-order chi connectivity index (χ1) is 5.31. The topological polar surface area (TPSA) is 3.24 Å². The zero-order valence-corrected chi connectivity index (χ0v) is 9.25. The van der Waals surface area contributed by atoms with Gasteiger partial charge in [-0.1, -0.05) is 6.92 Å². The van der Waals surface area contributed by atoms with E-state index in [0.717, 1.165) is 17.9 Å². The zero-order valence-electron chi connectivity index (χ0n) is 7.09. The second-order valence-electron chi connectivity index (χ2n) is 3.98. The minimum atomic E-state index is 0.886. The highest BCUT2D eigenvalue weighted by Gasteiger charge is 2.39. The number of piperidine rings is 1. The molecule has 0 N–H and O–H groups in total. The predicted molar refractivity (Wildman–Crippen MR) is 55.6 cm³/mol. The van der Waals surface area contributed by atoms with Gasteiger partial charge in [0.2, 0.25) is 0 Å². The molecule has 1 unspecified atom stereocenters. The van der Waals surface area contributed by atoms with Gasteiger partial charge in [-0.15, -0.1) is 0 Å². The van der Waals surface area contributed by atoms with E-state index in [1.807, 2.05) is 0 Å². The van der Waals surface area contributed by atoms with Crippen molar-refractivity contribution in [2.45, 2.75) is 38.6 Å². The van der Waals surface area contributed by atoms with Crippen molar-refractivity contribution in [1.82, 2.24) is 3.11 Å². The molecule has 1 nitrogen and oxygen atoms in total. The Morgan fingerprint density at radius 2 is 2.09 bits per heavy atom. The minimum absolute atomic E-state index is 0.886. The summed E-state index contributed by atoms with van der Waals surface area (Å²) in [5, 5.41) is 0. The van der Waals surface area contributed by atoms with E-state index < -0.39 is 0 Å². The number of hydrogen-bond donors (Lipinski definition) is 0. The Hall–Kier alpha value is 0.690. The molecule has 1 saturated carbocycles. The van der Waals surface area contributed by atoms with Crippen molar-refractivity contribution in [2.75, 3.05) is 6.54 Å². The molecule has 2 fully saturated rings. The van der Waals surface area contributed by atoms with E-state index in [1.165, 1.54) is 32.2 Å². The normalized spacial score (nSPS) is 44.7. The van der Waals surface area contributed by atoms with E-state index in [0.29, 0.717) is 0 Å². The van der Waals surface area contributed by atoms with Crippen molar-refractivity contribution in [3.8, 4) is 0 Å². The van der Waals surface area contributed by atoms with Crippen molar-refractivity contribution in [3.63, 3.8) is 0 Å². The number of nitrogens with zero attached hydrogens (tertiary/aromatic N) is 1. The van der Waals surface area contributed by atoms with E-state index in [-0.39, 0.29) is 0 Å². The van der Waals surface area contributed by atoms with Crippen LogP contribution in [0.4, 0.5) is 0 Å². The molecule has 2 aliphatic rings. The predicted octanol–water partition coefficient (Wildman–Crippen LogP) is 2.85. The average Bonchev–Trinajstić information content (AvgIpc) is 1.97. The number of fused-ring (bicyclic) bond motifs is 1. The first-order valence-corrected chi connectivity index (χ1v) is 5.70. The maximum Gasteiger partial charge on any atom is 0.0204 e. The quantitative estimate of drug-likeness (QED) is 0.520. The molecular formula is C9H16IN. The van der Waals surface area contributed by atoms with Gasteiger partial charge in [-0.3, -0.25) is 0 Å². The molecule has 1 saturated heterocycles. The number of rotatable bonds is 1. The SMILES string of the molecule is CCC1C[C@@H]2CC[C@@H]2CN1I. The molecule has 0 aromatic carbocycles. The maximum atomic E-state index is 2.54. The summed E-state index contributed by atoms with van der Waals surface area (Å²) in [4.78, 5) is 0. The van der Waals surface area contributed by atoms with Crippen LogP contribution in [0, 0.1) is 11.8 Å². The third-order valence-electron chi connectivity index (χ3n) is 3.43. The Labute approximate surface area is 83.0 Å². The van der Waals surface area contributed by atoms with Crippen LogP contribution in [0.2, 0.25) is 0 Å². The van der Waals surface area contributed by atoms with Crippen LogP contribution in [0.5, 0.6) is 0 Å². The van der Waals surface area contributed by atoms with Gasteiger partial charge in [0, 0.05) is 35.5 Å². The fraction of sp³-hybridized carbons (Fsp3) is 1.00. The van der Waals surface area contributed by atoms with Crippen LogP contribution in [-0.2, 0) is 0 Å². The molecule has 3 atom stereocenters. The lowest BCUT2D eigenvalue weighted by Crippen LogP contribution is -2.46. The van der Waals surface area contributed by atoms with Crippen molar-refractivity contribution in [1.29, 1.82) is 0 Å². The van der Waals surface area contributed by atoms with Gasteiger partial charge in [-0.05, 0) is 37.5 Å². The average molecular weight is 265 g/mol. The monoisotopic (exact) mass is 265 g/mol. The van der Waals surface area contributed by atoms with Gasteiger partial charge >= 0.3 is 0 Å². The summed E-state index contributed by atoms with van der Waals surface area (Å²) in [5.74, 6) is 2.17. The molecule has 0 aromatic rings. The van der Waals surface area contributed by atoms with Gasteiger partial charge in [0.05, 0.1) is 0 Å².